The molecule has 0 saturated heterocycles. The van der Waals surface area contributed by atoms with Crippen molar-refractivity contribution in [2.24, 2.45) is 0 Å². The van der Waals surface area contributed by atoms with Gasteiger partial charge in [-0.05, 0) is 0 Å². The molecule has 0 spiro atoms. The van der Waals surface area contributed by atoms with Crippen LogP contribution >= 0.6 is 0 Å². The van der Waals surface area contributed by atoms with E-state index in [1.807, 2.05) is 0 Å². The van der Waals surface area contributed by atoms with Crippen molar-refractivity contribution in [3.05, 3.63) is 0 Å². The molecule has 0 radical (unpaired) electrons. The van der Waals surface area contributed by atoms with Crippen molar-refractivity contribution in [1.82, 2.24) is 0 Å². The molecule has 0 aliphatic carbocycles. The first-order valence-electron chi connectivity index (χ1n) is 24.4. The molecule has 55 heavy (non-hydrogen) atoms. The zero-order valence-electron chi connectivity index (χ0n) is 38.7. The van der Waals surface area contributed by atoms with Gasteiger partial charge < -0.3 is 0 Å². The third-order valence-electron chi connectivity index (χ3n) is 12.3. The summed E-state index contributed by atoms with van der Waals surface area (Å²) in [6, 6.07) is 0. The Morgan fingerprint density at radius 1 is 0.182 bits per heavy atom. The molecule has 0 amide bonds. The summed E-state index contributed by atoms with van der Waals surface area (Å²) in [5, 5.41) is 13.1. The van der Waals surface area contributed by atoms with Crippen LogP contribution < -0.4 is 0 Å². The molecule has 0 N–H and O–H groups in total. The van der Waals surface area contributed by atoms with Gasteiger partial charge in [0.1, 0.15) is 0 Å². The predicted molar refractivity (Wildman–Crippen MR) is 265 cm³/mol. The molecule has 0 unspecified atom stereocenters. The van der Waals surface area contributed by atoms with Crippen LogP contribution in [0.3, 0.4) is 0 Å². The second-order valence-electron chi connectivity index (χ2n) is 17.7. The minimum atomic E-state index is -2.89. The van der Waals surface area contributed by atoms with E-state index in [1.54, 1.807) is 0 Å². The van der Waals surface area contributed by atoms with E-state index in [0.29, 0.717) is 0 Å². The van der Waals surface area contributed by atoms with E-state index < -0.39 is 66.3 Å². The topological polar surface area (TPSA) is 0 Å². The van der Waals surface area contributed by atoms with Crippen molar-refractivity contribution in [2.45, 2.75) is 250 Å². The van der Waals surface area contributed by atoms with Gasteiger partial charge in [0.2, 0.25) is 0 Å². The summed E-state index contributed by atoms with van der Waals surface area (Å²) in [4.78, 5) is 0. The standard InChI is InChI=1S/C50H90Ge5/c1-11-21-31-51(32-22-12-2)41-43-52(33-23-13-3,34-24-14-4)45-47-54(37-27-17-7,38-28-18-8)49-50-55(39-29-19-9,40-30-20-10)48-46-53(44-42-51,35-25-15-5)36-26-16-6/h11-40H2,1-10H3. The molecular formula is C50H90Ge5. The van der Waals surface area contributed by atoms with Crippen LogP contribution in [0.2, 0.25) is 52.5 Å². The van der Waals surface area contributed by atoms with Crippen molar-refractivity contribution < 1.29 is 0 Å². The Morgan fingerprint density at radius 3 is 0.345 bits per heavy atom. The van der Waals surface area contributed by atoms with E-state index in [-0.39, 0.29) is 0 Å². The van der Waals surface area contributed by atoms with Gasteiger partial charge in [-0.1, -0.05) is 0 Å². The second-order valence-corrected chi connectivity index (χ2v) is 56.1. The van der Waals surface area contributed by atoms with Crippen molar-refractivity contribution >= 4 is 66.3 Å². The fraction of sp³-hybridized carbons (Fsp3) is 0.800. The van der Waals surface area contributed by atoms with Gasteiger partial charge in [0.05, 0.1) is 0 Å². The van der Waals surface area contributed by atoms with Gasteiger partial charge in [-0.15, -0.1) is 0 Å². The molecule has 1 aliphatic rings. The van der Waals surface area contributed by atoms with Crippen LogP contribution in [0.4, 0.5) is 0 Å². The first-order chi connectivity index (χ1) is 26.6. The zero-order chi connectivity index (χ0) is 40.8. The maximum absolute atomic E-state index is 4.44. The van der Waals surface area contributed by atoms with E-state index in [0.717, 1.165) is 0 Å². The molecule has 0 aromatic carbocycles. The van der Waals surface area contributed by atoms with Crippen molar-refractivity contribution in [3.8, 4) is 47.5 Å². The van der Waals surface area contributed by atoms with Crippen molar-refractivity contribution in [1.29, 1.82) is 0 Å². The van der Waals surface area contributed by atoms with E-state index in [2.05, 4.69) is 117 Å². The SMILES string of the molecule is CCC[CH2][Ge]1([CH2]CCC)[C]#[C][Ge]([CH2]CCC)([CH2]CCC)[C]#[C][Ge]([CH2]CCC)([CH2]CCC)[C]#[C][Ge]([CH2]CCC)([CH2]CCC)[C]#[C][Ge]([CH2]CCC)([CH2]CCC)[C]#[C]1. The Morgan fingerprint density at radius 2 is 0.273 bits per heavy atom. The summed E-state index contributed by atoms with van der Waals surface area (Å²) in [5.41, 5.74) is 0. The number of hydrogen-bond acceptors (Lipinski definition) is 0. The van der Waals surface area contributed by atoms with E-state index in [9.17, 15) is 0 Å². The van der Waals surface area contributed by atoms with Gasteiger partial charge >= 0.3 is 364 Å². The van der Waals surface area contributed by atoms with Gasteiger partial charge in [0.25, 0.3) is 0 Å². The van der Waals surface area contributed by atoms with Gasteiger partial charge in [-0.25, -0.2) is 0 Å². The Kier molecular flexibility index (Phi) is 30.6. The van der Waals surface area contributed by atoms with Crippen LogP contribution in [0.25, 0.3) is 0 Å². The van der Waals surface area contributed by atoms with Crippen molar-refractivity contribution in [2.75, 3.05) is 0 Å². The molecule has 0 atom stereocenters. The average Bonchev–Trinajstić information content (AvgIpc) is 3.21. The fourth-order valence-electron chi connectivity index (χ4n) is 8.01. The predicted octanol–water partition coefficient (Wildman–Crippen LogP) is 15.7. The molecule has 0 nitrogen and oxygen atoms in total. The Bertz CT molecular complexity index is 1020. The Balaban J connectivity index is 4.78. The molecule has 310 valence electrons. The molecule has 0 fully saturated rings. The summed E-state index contributed by atoms with van der Waals surface area (Å²) in [6.45, 7) is 24.0. The van der Waals surface area contributed by atoms with Gasteiger partial charge in [-0.3, -0.25) is 0 Å². The normalized spacial score (nSPS) is 17.3. The van der Waals surface area contributed by atoms with Gasteiger partial charge in [0.15, 0.2) is 0 Å². The van der Waals surface area contributed by atoms with Crippen LogP contribution in [-0.4, -0.2) is 66.3 Å². The quantitative estimate of drug-likeness (QED) is 0.0497. The second kappa shape index (κ2) is 31.4. The monoisotopic (exact) mass is 1060 g/mol. The average molecular weight is 1050 g/mol. The molecular weight excluding hydrogens is 964 g/mol. The molecule has 0 bridgehead atoms. The van der Waals surface area contributed by atoms with Gasteiger partial charge in [-0.2, -0.15) is 0 Å². The summed E-state index contributed by atoms with van der Waals surface area (Å²) in [5.74, 6) is 0. The summed E-state index contributed by atoms with van der Waals surface area (Å²) >= 11 is -14.5. The molecule has 1 aliphatic heterocycles. The molecule has 0 aromatic heterocycles. The number of rotatable bonds is 30. The molecule has 5 heteroatoms. The van der Waals surface area contributed by atoms with Crippen LogP contribution in [0.15, 0.2) is 0 Å². The van der Waals surface area contributed by atoms with Crippen LogP contribution in [0, 0.1) is 47.5 Å². The number of unbranched alkanes of at least 4 members (excludes halogenated alkanes) is 10. The zero-order valence-corrected chi connectivity index (χ0v) is 49.2. The fourth-order valence-corrected chi connectivity index (χ4v) is 67.7. The van der Waals surface area contributed by atoms with E-state index in [1.165, 1.54) is 181 Å². The molecule has 1 heterocycles. The minimum absolute atomic E-state index is 1.26. The van der Waals surface area contributed by atoms with E-state index in [4.69, 9.17) is 0 Å². The molecule has 1 rings (SSSR count). The van der Waals surface area contributed by atoms with Crippen LogP contribution in [-0.2, 0) is 0 Å². The first kappa shape index (κ1) is 53.5. The van der Waals surface area contributed by atoms with Crippen LogP contribution in [0.1, 0.15) is 198 Å². The van der Waals surface area contributed by atoms with E-state index >= 15 is 0 Å². The molecule has 0 aromatic rings. The third kappa shape index (κ3) is 20.6. The van der Waals surface area contributed by atoms with Crippen molar-refractivity contribution in [3.63, 3.8) is 0 Å². The molecule has 0 saturated carbocycles. The first-order valence-corrected chi connectivity index (χ1v) is 49.7. The summed E-state index contributed by atoms with van der Waals surface area (Å²) in [6.07, 6.45) is 25.5. The van der Waals surface area contributed by atoms with Gasteiger partial charge in [0, 0.05) is 0 Å². The Labute approximate surface area is 360 Å². The summed E-state index contributed by atoms with van der Waals surface area (Å²) in [7, 11) is 0. The van der Waals surface area contributed by atoms with Crippen LogP contribution in [0.5, 0.6) is 0 Å². The maximum atomic E-state index is 4.44. The summed E-state index contributed by atoms with van der Waals surface area (Å²) < 4.78 is 44.4. The Hall–Kier alpha value is 0.514. The third-order valence-corrected chi connectivity index (χ3v) is 55.8. The number of hydrogen-bond donors (Lipinski definition) is 0.